The van der Waals surface area contributed by atoms with Crippen LogP contribution in [0.3, 0.4) is 0 Å². The highest BCUT2D eigenvalue weighted by Crippen LogP contribution is 2.50. The van der Waals surface area contributed by atoms with Crippen LogP contribution in [-0.4, -0.2) is 71.5 Å². The predicted molar refractivity (Wildman–Crippen MR) is 231 cm³/mol. The van der Waals surface area contributed by atoms with Crippen molar-refractivity contribution in [2.24, 2.45) is 28.9 Å². The number of rotatable bonds is 15. The van der Waals surface area contributed by atoms with Gasteiger partial charge < -0.3 is 31.7 Å². The van der Waals surface area contributed by atoms with Crippen LogP contribution >= 0.6 is 0 Å². The summed E-state index contributed by atoms with van der Waals surface area (Å²) in [7, 11) is 0. The van der Waals surface area contributed by atoms with E-state index in [9.17, 15) is 14.4 Å². The summed E-state index contributed by atoms with van der Waals surface area (Å²) in [5.41, 5.74) is 7.39. The standard InChI is InChI=1S/C18H31N3O3.C12H22N2.C6H12.C2H4O2.3C2H6/c1-6-8-19-17(24)20-15(18(4,5)7-2)16(23)21-10-12-9-13(12)14(21)11(3)22;1-5-7-12(13)9-10(3)11(4)14-8-6-2;1-6-4-2-3-5-6;1-2(3)4;3*1-2/h12-15H,6-10H2,1-5H3,(H2,19,20,24);6,12,14H,2-5,7-9,13H2,1H3;6H,2-5H2,1H3;1H3,(H,3,4);3*1-2H3/t12-,13-,14?,15?;;;;;;/m0....../s1. The van der Waals surface area contributed by atoms with E-state index in [0.29, 0.717) is 24.9 Å². The largest absolute Gasteiger partial charge is 0.481 e. The van der Waals surface area contributed by atoms with Crippen molar-refractivity contribution in [1.82, 2.24) is 20.9 Å². The van der Waals surface area contributed by atoms with Crippen LogP contribution in [-0.2, 0) is 14.4 Å². The number of allylic oxidation sites excluding steroid dienone is 1. The maximum atomic E-state index is 13.2. The lowest BCUT2D eigenvalue weighted by molar-refractivity contribution is -0.142. The number of hydrogen-bond donors (Lipinski definition) is 5. The van der Waals surface area contributed by atoms with Crippen LogP contribution in [0.1, 0.15) is 161 Å². The molecule has 0 bridgehead atoms. The van der Waals surface area contributed by atoms with E-state index in [1.54, 1.807) is 17.9 Å². The van der Waals surface area contributed by atoms with E-state index in [0.717, 1.165) is 69.2 Å². The molecule has 3 amide bonds. The summed E-state index contributed by atoms with van der Waals surface area (Å²) >= 11 is 0. The number of piperidine rings is 1. The normalized spacial score (nSPS) is 18.5. The van der Waals surface area contributed by atoms with Gasteiger partial charge in [0.05, 0.1) is 6.04 Å². The molecule has 3 aliphatic rings. The van der Waals surface area contributed by atoms with Crippen molar-refractivity contribution >= 4 is 23.7 Å². The monoisotopic (exact) mass is 766 g/mol. The fraction of sp³-hybridized carbons (Fsp3) is 0.773. The van der Waals surface area contributed by atoms with Gasteiger partial charge in [-0.1, -0.05) is 134 Å². The Morgan fingerprint density at radius 2 is 1.46 bits per heavy atom. The second-order valence-electron chi connectivity index (χ2n) is 14.3. The van der Waals surface area contributed by atoms with Crippen LogP contribution < -0.4 is 21.7 Å². The topological polar surface area (TPSA) is 154 Å². The third-order valence-electron chi connectivity index (χ3n) is 9.30. The second-order valence-corrected chi connectivity index (χ2v) is 14.3. The molecule has 0 spiro atoms. The van der Waals surface area contributed by atoms with Crippen LogP contribution in [0, 0.1) is 23.2 Å². The van der Waals surface area contributed by atoms with Gasteiger partial charge in [0, 0.05) is 38.3 Å². The lowest BCUT2D eigenvalue weighted by Gasteiger charge is -2.37. The average molecular weight is 766 g/mol. The predicted octanol–water partition coefficient (Wildman–Crippen LogP) is 9.65. The molecular formula is C44H87N5O5. The van der Waals surface area contributed by atoms with Crippen LogP contribution in [0.25, 0.3) is 0 Å². The Labute approximate surface area is 333 Å². The van der Waals surface area contributed by atoms with Gasteiger partial charge in [0.15, 0.2) is 5.78 Å². The van der Waals surface area contributed by atoms with Gasteiger partial charge in [-0.15, -0.1) is 6.58 Å². The molecule has 3 unspecified atom stereocenters. The summed E-state index contributed by atoms with van der Waals surface area (Å²) in [6.07, 6.45) is 13.3. The fourth-order valence-electron chi connectivity index (χ4n) is 5.96. The number of fused-ring (bicyclic) bond motifs is 1. The summed E-state index contributed by atoms with van der Waals surface area (Å²) in [6, 6.07) is -1.05. The first kappa shape index (κ1) is 57.6. The van der Waals surface area contributed by atoms with E-state index in [4.69, 9.17) is 15.6 Å². The first-order valence-electron chi connectivity index (χ1n) is 21.0. The molecule has 0 aromatic heterocycles. The van der Waals surface area contributed by atoms with Gasteiger partial charge in [0.25, 0.3) is 5.97 Å². The van der Waals surface area contributed by atoms with Crippen molar-refractivity contribution in [1.29, 1.82) is 0 Å². The quantitative estimate of drug-likeness (QED) is 0.0822. The van der Waals surface area contributed by atoms with E-state index in [2.05, 4.69) is 49.5 Å². The van der Waals surface area contributed by atoms with E-state index in [1.807, 2.05) is 69.2 Å². The molecular weight excluding hydrogens is 679 g/mol. The van der Waals surface area contributed by atoms with E-state index < -0.39 is 12.0 Å². The van der Waals surface area contributed by atoms with Gasteiger partial charge in [-0.25, -0.2) is 4.79 Å². The minimum Gasteiger partial charge on any atom is -0.481 e. The Hall–Kier alpha value is -3.14. The maximum Gasteiger partial charge on any atom is 0.315 e. The molecule has 3 fully saturated rings. The highest BCUT2D eigenvalue weighted by atomic mass is 16.4. The molecule has 2 aliphatic carbocycles. The summed E-state index contributed by atoms with van der Waals surface area (Å²) in [5.74, 6) is 0.927. The number of carbonyl (C=O) groups is 4. The minimum absolute atomic E-state index is 0.0526. The molecule has 1 heterocycles. The highest BCUT2D eigenvalue weighted by molar-refractivity contribution is 5.93. The molecule has 1 saturated heterocycles. The smallest absolute Gasteiger partial charge is 0.315 e. The number of urea groups is 1. The Bertz CT molecular complexity index is 1050. The van der Waals surface area contributed by atoms with Crippen molar-refractivity contribution in [2.75, 3.05) is 19.6 Å². The zero-order valence-electron chi connectivity index (χ0n) is 37.5. The summed E-state index contributed by atoms with van der Waals surface area (Å²) < 4.78 is 0. The van der Waals surface area contributed by atoms with Crippen molar-refractivity contribution in [3.8, 4) is 0 Å². The number of carboxylic acid groups (broad SMARTS) is 1. The molecule has 3 rings (SSSR count). The van der Waals surface area contributed by atoms with E-state index in [1.165, 1.54) is 25.7 Å². The van der Waals surface area contributed by atoms with Crippen LogP contribution in [0.4, 0.5) is 4.79 Å². The summed E-state index contributed by atoms with van der Waals surface area (Å²) in [4.78, 5) is 48.0. The van der Waals surface area contributed by atoms with Gasteiger partial charge in [-0.3, -0.25) is 14.4 Å². The molecule has 318 valence electrons. The number of likely N-dealkylation sites (tertiary alicyclic amines) is 1. The molecule has 2 saturated carbocycles. The summed E-state index contributed by atoms with van der Waals surface area (Å²) in [6.45, 7) is 40.5. The van der Waals surface area contributed by atoms with Crippen molar-refractivity contribution < 1.29 is 24.3 Å². The van der Waals surface area contributed by atoms with Crippen molar-refractivity contribution in [2.45, 2.75) is 179 Å². The maximum absolute atomic E-state index is 13.2. The van der Waals surface area contributed by atoms with Gasteiger partial charge in [0.1, 0.15) is 6.04 Å². The Balaban J connectivity index is -0.000000350. The number of hydrogen-bond acceptors (Lipinski definition) is 6. The third kappa shape index (κ3) is 25.8. The number of nitrogens with zero attached hydrogens (tertiary/aromatic N) is 1. The number of ketones is 1. The number of nitrogens with one attached hydrogen (secondary N) is 3. The third-order valence-corrected chi connectivity index (χ3v) is 9.30. The van der Waals surface area contributed by atoms with Crippen molar-refractivity contribution in [3.05, 3.63) is 37.1 Å². The van der Waals surface area contributed by atoms with Crippen molar-refractivity contribution in [3.63, 3.8) is 0 Å². The number of Topliss-reactive ketones (excluding diaryl/α,β-unsaturated/α-hetero) is 1. The number of nitrogens with two attached hydrogens (primary N) is 1. The van der Waals surface area contributed by atoms with Gasteiger partial charge in [-0.2, -0.15) is 0 Å². The zero-order valence-corrected chi connectivity index (χ0v) is 37.5. The molecule has 1 aliphatic heterocycles. The average Bonchev–Trinajstić information content (AvgIpc) is 3.52. The Morgan fingerprint density at radius 1 is 0.944 bits per heavy atom. The Kier molecular flexibility index (Phi) is 36.6. The lowest BCUT2D eigenvalue weighted by Crippen LogP contribution is -2.59. The molecule has 10 heteroatoms. The molecule has 0 radical (unpaired) electrons. The minimum atomic E-state index is -0.833. The number of amides is 3. The highest BCUT2D eigenvalue weighted by Gasteiger charge is 2.57. The fourth-order valence-corrected chi connectivity index (χ4v) is 5.96. The molecule has 0 aromatic carbocycles. The van der Waals surface area contributed by atoms with Crippen LogP contribution in [0.5, 0.6) is 0 Å². The summed E-state index contributed by atoms with van der Waals surface area (Å²) in [5, 5.41) is 16.2. The number of aliphatic carboxylic acids is 1. The molecule has 10 nitrogen and oxygen atoms in total. The molecule has 5 atom stereocenters. The molecule has 54 heavy (non-hydrogen) atoms. The van der Waals surface area contributed by atoms with Crippen LogP contribution in [0.2, 0.25) is 0 Å². The molecule has 0 aromatic rings. The number of carbonyl (C=O) groups excluding carboxylic acids is 3. The van der Waals surface area contributed by atoms with Gasteiger partial charge in [0.2, 0.25) is 5.91 Å². The first-order chi connectivity index (χ1) is 25.5. The molecule has 6 N–H and O–H groups in total. The SMILES string of the molecule is C=CCNC(=C)C(=C)CC(N)CCC.CC.CC.CC.CC(=O)O.CC1CCCC1.CCCNC(=O)NC(C(=O)N1C[C@@H]2C[C@@H]2C1C(C)=O)C(C)(C)CC. The van der Waals surface area contributed by atoms with Gasteiger partial charge >= 0.3 is 6.03 Å². The number of carboxylic acids is 1. The first-order valence-corrected chi connectivity index (χ1v) is 21.0. The van der Waals surface area contributed by atoms with E-state index >= 15 is 0 Å². The zero-order chi connectivity index (χ0) is 43.0. The second kappa shape index (κ2) is 34.4. The van der Waals surface area contributed by atoms with E-state index in [-0.39, 0.29) is 35.2 Å². The lowest BCUT2D eigenvalue weighted by atomic mass is 9.81. The Morgan fingerprint density at radius 3 is 1.85 bits per heavy atom. The van der Waals surface area contributed by atoms with Gasteiger partial charge in [-0.05, 0) is 67.8 Å². The van der Waals surface area contributed by atoms with Crippen LogP contribution in [0.15, 0.2) is 37.1 Å².